The number of ether oxygens (including phenoxy) is 3. The zero-order chi connectivity index (χ0) is 24.2. The van der Waals surface area contributed by atoms with Gasteiger partial charge in [0.15, 0.2) is 11.6 Å². The number of rotatable bonds is 8. The van der Waals surface area contributed by atoms with E-state index in [9.17, 15) is 4.79 Å². The second-order valence-corrected chi connectivity index (χ2v) is 9.58. The van der Waals surface area contributed by atoms with Crippen LogP contribution in [0.2, 0.25) is 0 Å². The predicted molar refractivity (Wildman–Crippen MR) is 131 cm³/mol. The number of anilines is 2. The fourth-order valence-electron chi connectivity index (χ4n) is 4.67. The van der Waals surface area contributed by atoms with Crippen LogP contribution in [-0.2, 0) is 9.47 Å². The van der Waals surface area contributed by atoms with Gasteiger partial charge in [0.05, 0.1) is 13.2 Å². The zero-order valence-electron chi connectivity index (χ0n) is 20.1. The van der Waals surface area contributed by atoms with Crippen molar-refractivity contribution in [3.05, 3.63) is 36.3 Å². The van der Waals surface area contributed by atoms with E-state index in [2.05, 4.69) is 30.8 Å². The van der Waals surface area contributed by atoms with Crippen molar-refractivity contribution >= 4 is 28.6 Å². The second kappa shape index (κ2) is 10.5. The maximum atomic E-state index is 11.9. The number of hydrogen-bond donors (Lipinski definition) is 3. The van der Waals surface area contributed by atoms with E-state index in [1.807, 2.05) is 32.0 Å². The molecule has 1 aliphatic heterocycles. The van der Waals surface area contributed by atoms with Crippen LogP contribution in [0.15, 0.2) is 30.6 Å². The predicted octanol–water partition coefficient (Wildman–Crippen LogP) is 4.28. The second-order valence-electron chi connectivity index (χ2n) is 9.58. The van der Waals surface area contributed by atoms with Crippen molar-refractivity contribution < 1.29 is 19.0 Å². The quantitative estimate of drug-likeness (QED) is 0.436. The van der Waals surface area contributed by atoms with Crippen LogP contribution in [0.4, 0.5) is 16.4 Å². The van der Waals surface area contributed by atoms with Crippen LogP contribution in [0.25, 0.3) is 10.9 Å². The van der Waals surface area contributed by atoms with Gasteiger partial charge in [-0.05, 0) is 51.7 Å². The topological polar surface area (TPSA) is 123 Å². The Morgan fingerprint density at radius 1 is 1.23 bits per heavy atom. The Kier molecular flexibility index (Phi) is 6.98. The molecule has 4 heterocycles. The number of nitrogens with one attached hydrogen (secondary N) is 3. The Morgan fingerprint density at radius 2 is 2.11 bits per heavy atom. The number of aromatic amines is 1. The summed E-state index contributed by atoms with van der Waals surface area (Å²) in [5, 5.41) is 14.5. The van der Waals surface area contributed by atoms with Gasteiger partial charge in [-0.1, -0.05) is 0 Å². The Hall–Kier alpha value is -3.40. The van der Waals surface area contributed by atoms with Crippen molar-refractivity contribution in [2.45, 2.75) is 57.6 Å². The van der Waals surface area contributed by atoms with Gasteiger partial charge in [0.25, 0.3) is 0 Å². The lowest BCUT2D eigenvalue weighted by atomic mass is 10.0. The molecule has 2 aliphatic rings. The molecule has 3 aromatic rings. The van der Waals surface area contributed by atoms with Gasteiger partial charge < -0.3 is 24.8 Å². The number of alkyl carbamates (subject to hydrolysis) is 1. The SMILES string of the molecule is CC(C)NC(=O)O[C@@H]1CC[C@H](c2cc(Nc3nccc4c(OCC5CCOC5)ccnc34)n[nH]2)C1. The average Bonchev–Trinajstić information content (AvgIpc) is 3.60. The number of fused-ring (bicyclic) bond motifs is 1. The monoisotopic (exact) mass is 480 g/mol. The largest absolute Gasteiger partial charge is 0.492 e. The van der Waals surface area contributed by atoms with Crippen LogP contribution < -0.4 is 15.4 Å². The van der Waals surface area contributed by atoms with Crippen LogP contribution in [0.5, 0.6) is 5.75 Å². The lowest BCUT2D eigenvalue weighted by Crippen LogP contribution is -2.33. The van der Waals surface area contributed by atoms with Gasteiger partial charge in [0.1, 0.15) is 17.4 Å². The highest BCUT2D eigenvalue weighted by Crippen LogP contribution is 2.36. The number of pyridine rings is 2. The number of carbonyl (C=O) groups excluding carboxylic acids is 1. The molecule has 1 saturated carbocycles. The van der Waals surface area contributed by atoms with E-state index in [1.54, 1.807) is 12.4 Å². The first-order valence-corrected chi connectivity index (χ1v) is 12.3. The molecule has 1 amide bonds. The van der Waals surface area contributed by atoms with E-state index >= 15 is 0 Å². The zero-order valence-corrected chi connectivity index (χ0v) is 20.1. The Labute approximate surface area is 204 Å². The molecular formula is C25H32N6O4. The summed E-state index contributed by atoms with van der Waals surface area (Å²) >= 11 is 0. The molecule has 0 spiro atoms. The summed E-state index contributed by atoms with van der Waals surface area (Å²) in [6.07, 6.45) is 6.60. The molecule has 0 aromatic carbocycles. The summed E-state index contributed by atoms with van der Waals surface area (Å²) in [6.45, 7) is 6.00. The van der Waals surface area contributed by atoms with Crippen LogP contribution in [-0.4, -0.2) is 58.2 Å². The normalized spacial score (nSPS) is 22.0. The van der Waals surface area contributed by atoms with Crippen molar-refractivity contribution in [2.24, 2.45) is 5.92 Å². The average molecular weight is 481 g/mol. The molecule has 0 radical (unpaired) electrons. The number of amides is 1. The lowest BCUT2D eigenvalue weighted by Gasteiger charge is -2.14. The standard InChI is InChI=1S/C25H32N6O4/c1-15(2)28-25(32)35-18-4-3-17(11-18)20-12-22(31-30-20)29-24-23-19(5-8-27-24)21(6-9-26-23)34-14-16-7-10-33-13-16/h5-6,8-9,12,15-18H,3-4,7,10-11,13-14H2,1-2H3,(H,28,32)(H2,27,29,30,31)/t16?,17-,18+/m0/s1. The molecule has 186 valence electrons. The molecule has 1 aliphatic carbocycles. The first kappa shape index (κ1) is 23.3. The summed E-state index contributed by atoms with van der Waals surface area (Å²) < 4.78 is 17.1. The van der Waals surface area contributed by atoms with Crippen LogP contribution in [0.1, 0.15) is 51.1 Å². The van der Waals surface area contributed by atoms with Gasteiger partial charge in [0, 0.05) is 54.0 Å². The summed E-state index contributed by atoms with van der Waals surface area (Å²) in [4.78, 5) is 20.9. The molecular weight excluding hydrogens is 448 g/mol. The van der Waals surface area contributed by atoms with E-state index < -0.39 is 0 Å². The summed E-state index contributed by atoms with van der Waals surface area (Å²) in [5.41, 5.74) is 1.74. The van der Waals surface area contributed by atoms with E-state index in [-0.39, 0.29) is 24.2 Å². The minimum atomic E-state index is -0.355. The molecule has 10 heteroatoms. The van der Waals surface area contributed by atoms with Gasteiger partial charge in [-0.3, -0.25) is 10.1 Å². The fourth-order valence-corrected chi connectivity index (χ4v) is 4.67. The van der Waals surface area contributed by atoms with Gasteiger partial charge in [-0.2, -0.15) is 5.10 Å². The van der Waals surface area contributed by atoms with Gasteiger partial charge in [-0.25, -0.2) is 9.78 Å². The Bertz CT molecular complexity index is 1160. The van der Waals surface area contributed by atoms with E-state index in [1.165, 1.54) is 0 Å². The number of hydrogen-bond acceptors (Lipinski definition) is 8. The molecule has 0 bridgehead atoms. The Balaban J connectivity index is 1.24. The third-order valence-electron chi connectivity index (χ3n) is 6.47. The Morgan fingerprint density at radius 3 is 2.94 bits per heavy atom. The van der Waals surface area contributed by atoms with Crippen LogP contribution >= 0.6 is 0 Å². The van der Waals surface area contributed by atoms with Crippen molar-refractivity contribution in [2.75, 3.05) is 25.1 Å². The van der Waals surface area contributed by atoms with E-state index in [4.69, 9.17) is 14.2 Å². The van der Waals surface area contributed by atoms with E-state index in [0.717, 1.165) is 61.2 Å². The van der Waals surface area contributed by atoms with Crippen LogP contribution in [0.3, 0.4) is 0 Å². The van der Waals surface area contributed by atoms with Crippen molar-refractivity contribution in [1.82, 2.24) is 25.5 Å². The molecule has 1 unspecified atom stereocenters. The maximum Gasteiger partial charge on any atom is 0.407 e. The van der Waals surface area contributed by atoms with Gasteiger partial charge in [0.2, 0.25) is 0 Å². The number of carbonyl (C=O) groups is 1. The smallest absolute Gasteiger partial charge is 0.407 e. The molecule has 5 rings (SSSR count). The lowest BCUT2D eigenvalue weighted by molar-refractivity contribution is 0.0981. The molecule has 3 atom stereocenters. The molecule has 3 aromatic heterocycles. The first-order valence-electron chi connectivity index (χ1n) is 12.3. The molecule has 2 fully saturated rings. The highest BCUT2D eigenvalue weighted by atomic mass is 16.6. The maximum absolute atomic E-state index is 11.9. The fraction of sp³-hybridized carbons (Fsp3) is 0.520. The highest BCUT2D eigenvalue weighted by molar-refractivity contribution is 5.93. The summed E-state index contributed by atoms with van der Waals surface area (Å²) in [5.74, 6) is 2.75. The van der Waals surface area contributed by atoms with Crippen molar-refractivity contribution in [3.63, 3.8) is 0 Å². The van der Waals surface area contributed by atoms with E-state index in [0.29, 0.717) is 24.2 Å². The van der Waals surface area contributed by atoms with Crippen molar-refractivity contribution in [3.8, 4) is 5.75 Å². The van der Waals surface area contributed by atoms with Crippen LogP contribution in [0, 0.1) is 5.92 Å². The first-order chi connectivity index (χ1) is 17.0. The van der Waals surface area contributed by atoms with Gasteiger partial charge >= 0.3 is 6.09 Å². The number of nitrogens with zero attached hydrogens (tertiary/aromatic N) is 3. The van der Waals surface area contributed by atoms with Gasteiger partial charge in [-0.15, -0.1) is 0 Å². The number of H-pyrrole nitrogens is 1. The summed E-state index contributed by atoms with van der Waals surface area (Å²) in [7, 11) is 0. The minimum Gasteiger partial charge on any atom is -0.492 e. The third kappa shape index (κ3) is 5.64. The summed E-state index contributed by atoms with van der Waals surface area (Å²) in [6, 6.07) is 5.84. The molecule has 35 heavy (non-hydrogen) atoms. The molecule has 1 saturated heterocycles. The van der Waals surface area contributed by atoms with Crippen molar-refractivity contribution in [1.29, 1.82) is 0 Å². The molecule has 10 nitrogen and oxygen atoms in total. The highest BCUT2D eigenvalue weighted by Gasteiger charge is 2.30. The third-order valence-corrected chi connectivity index (χ3v) is 6.47. The molecule has 3 N–H and O–H groups in total. The minimum absolute atomic E-state index is 0.0580. The number of aromatic nitrogens is 4.